The van der Waals surface area contributed by atoms with Gasteiger partial charge in [0.15, 0.2) is 0 Å². The predicted octanol–water partition coefficient (Wildman–Crippen LogP) is 2.09. The molecule has 0 aliphatic carbocycles. The van der Waals surface area contributed by atoms with Gasteiger partial charge in [-0.25, -0.2) is 8.78 Å². The average Bonchev–Trinajstić information content (AvgIpc) is 1.78. The van der Waals surface area contributed by atoms with E-state index in [0.717, 1.165) is 6.54 Å². The molecular weight excluding hydrogens is 167 g/mol. The summed E-state index contributed by atoms with van der Waals surface area (Å²) >= 11 is 0. The second-order valence-corrected chi connectivity index (χ2v) is 3.95. The van der Waals surface area contributed by atoms with Gasteiger partial charge in [0.2, 0.25) is 0 Å². The van der Waals surface area contributed by atoms with Gasteiger partial charge in [-0.1, -0.05) is 23.1 Å². The van der Waals surface area contributed by atoms with Crippen molar-refractivity contribution in [2.45, 2.75) is 25.9 Å². The van der Waals surface area contributed by atoms with E-state index >= 15 is 0 Å². The summed E-state index contributed by atoms with van der Waals surface area (Å²) in [5, 5.41) is 2.95. The van der Waals surface area contributed by atoms with Crippen molar-refractivity contribution in [2.24, 2.45) is 5.92 Å². The van der Waals surface area contributed by atoms with Gasteiger partial charge in [-0.2, -0.15) is 0 Å². The lowest BCUT2D eigenvalue weighted by molar-refractivity contribution is 0.0941. The highest BCUT2D eigenvalue weighted by Crippen LogP contribution is 2.24. The van der Waals surface area contributed by atoms with Crippen LogP contribution in [0, 0.1) is 5.92 Å². The fraction of sp³-hybridized carbons (Fsp3) is 1.00. The summed E-state index contributed by atoms with van der Waals surface area (Å²) in [4.78, 5) is 0. The number of alkyl halides is 2. The van der Waals surface area contributed by atoms with Gasteiger partial charge < -0.3 is 5.32 Å². The molecule has 0 bridgehead atoms. The van der Waals surface area contributed by atoms with Crippen molar-refractivity contribution < 1.29 is 8.78 Å². The van der Waals surface area contributed by atoms with Gasteiger partial charge in [-0.3, -0.25) is 0 Å². The first-order valence-electron chi connectivity index (χ1n) is 3.79. The molecule has 0 rings (SSSR count). The first kappa shape index (κ1) is 11.2. The predicted molar refractivity (Wildman–Crippen MR) is 47.0 cm³/mol. The van der Waals surface area contributed by atoms with Crippen molar-refractivity contribution in [1.82, 2.24) is 5.32 Å². The Kier molecular flexibility index (Phi) is 5.11. The Morgan fingerprint density at radius 1 is 1.45 bits per heavy atom. The molecule has 0 aromatic rings. The molecule has 0 fully saturated rings. The molecule has 1 atom stereocenters. The zero-order chi connectivity index (χ0) is 8.91. The molecule has 0 aliphatic heterocycles. The zero-order valence-electron chi connectivity index (χ0n) is 7.03. The van der Waals surface area contributed by atoms with Crippen LogP contribution in [0.3, 0.4) is 0 Å². The lowest BCUT2D eigenvalue weighted by Gasteiger charge is -2.11. The Hall–Kier alpha value is 0.250. The molecule has 4 heteroatoms. The zero-order valence-corrected chi connectivity index (χ0v) is 8.19. The van der Waals surface area contributed by atoms with Crippen LogP contribution < -0.4 is 5.32 Å². The van der Waals surface area contributed by atoms with Crippen LogP contribution in [0.1, 0.15) is 20.3 Å². The average molecular weight is 183 g/mol. The van der Waals surface area contributed by atoms with Crippen LogP contribution in [-0.4, -0.2) is 18.8 Å². The van der Waals surface area contributed by atoms with Gasteiger partial charge in [-0.05, 0) is 12.5 Å². The van der Waals surface area contributed by atoms with Gasteiger partial charge >= 0.3 is 0 Å². The second kappa shape index (κ2) is 5.00. The summed E-state index contributed by atoms with van der Waals surface area (Å²) in [6.07, 6.45) is -0.107. The van der Waals surface area contributed by atoms with E-state index in [1.54, 1.807) is 0 Å². The van der Waals surface area contributed by atoms with Crippen molar-refractivity contribution in [3.8, 4) is 0 Å². The van der Waals surface area contributed by atoms with Crippen molar-refractivity contribution in [3.63, 3.8) is 0 Å². The Labute approximate surface area is 69.1 Å². The van der Waals surface area contributed by atoms with Crippen LogP contribution in [0.2, 0.25) is 0 Å². The van der Waals surface area contributed by atoms with E-state index < -0.39 is 5.66 Å². The number of hydrogen-bond acceptors (Lipinski definition) is 1. The van der Waals surface area contributed by atoms with Gasteiger partial charge in [0.1, 0.15) is 0 Å². The van der Waals surface area contributed by atoms with E-state index in [1.165, 1.54) is 9.24 Å². The molecular formula is C7H16F2NP. The third-order valence-electron chi connectivity index (χ3n) is 1.19. The molecule has 0 heterocycles. The third-order valence-corrected chi connectivity index (χ3v) is 1.48. The third kappa shape index (κ3) is 10.2. The van der Waals surface area contributed by atoms with Crippen molar-refractivity contribution in [1.29, 1.82) is 0 Å². The minimum absolute atomic E-state index is 0.107. The van der Waals surface area contributed by atoms with Crippen molar-refractivity contribution in [3.05, 3.63) is 0 Å². The summed E-state index contributed by atoms with van der Waals surface area (Å²) in [6.45, 7) is 5.28. The maximum atomic E-state index is 12.2. The quantitative estimate of drug-likeness (QED) is 0.508. The van der Waals surface area contributed by atoms with Crippen LogP contribution in [0.25, 0.3) is 0 Å². The normalized spacial score (nSPS) is 12.5. The van der Waals surface area contributed by atoms with E-state index in [2.05, 4.69) is 5.32 Å². The molecule has 68 valence electrons. The molecule has 0 spiro atoms. The molecule has 1 unspecified atom stereocenters. The first-order valence-corrected chi connectivity index (χ1v) is 4.37. The van der Waals surface area contributed by atoms with E-state index in [0.29, 0.717) is 12.5 Å². The first-order chi connectivity index (χ1) is 4.92. The van der Waals surface area contributed by atoms with Gasteiger partial charge in [0.05, 0.1) is 0 Å². The maximum Gasteiger partial charge on any atom is 0.260 e. The SMILES string of the molecule is CC(C)CNCCC(F)(F)P. The molecule has 0 saturated heterocycles. The molecule has 0 amide bonds. The van der Waals surface area contributed by atoms with Crippen molar-refractivity contribution in [2.75, 3.05) is 13.1 Å². The fourth-order valence-corrected chi connectivity index (χ4v) is 0.790. The summed E-state index contributed by atoms with van der Waals surface area (Å²) in [5.74, 6) is 0.521. The van der Waals surface area contributed by atoms with E-state index in [-0.39, 0.29) is 6.42 Å². The van der Waals surface area contributed by atoms with E-state index in [4.69, 9.17) is 0 Å². The van der Waals surface area contributed by atoms with Crippen molar-refractivity contribution >= 4 is 9.24 Å². The molecule has 0 radical (unpaired) electrons. The number of rotatable bonds is 5. The highest BCUT2D eigenvalue weighted by atomic mass is 31.0. The highest BCUT2D eigenvalue weighted by molar-refractivity contribution is 7.18. The lowest BCUT2D eigenvalue weighted by Crippen LogP contribution is -2.24. The van der Waals surface area contributed by atoms with Gasteiger partial charge in [-0.15, -0.1) is 0 Å². The number of hydrogen-bond donors (Lipinski definition) is 1. The monoisotopic (exact) mass is 183 g/mol. The summed E-state index contributed by atoms with van der Waals surface area (Å²) < 4.78 is 24.3. The molecule has 11 heavy (non-hydrogen) atoms. The molecule has 0 aromatic carbocycles. The molecule has 0 saturated carbocycles. The van der Waals surface area contributed by atoms with Crippen LogP contribution in [0.15, 0.2) is 0 Å². The van der Waals surface area contributed by atoms with E-state index in [9.17, 15) is 8.78 Å². The minimum atomic E-state index is -2.61. The molecule has 0 aromatic heterocycles. The standard InChI is InChI=1S/C7H16F2NP/c1-6(2)5-10-4-3-7(8,9)11/h6,10H,3-5,11H2,1-2H3. The Bertz CT molecular complexity index is 101. The lowest BCUT2D eigenvalue weighted by atomic mass is 10.2. The van der Waals surface area contributed by atoms with E-state index in [1.807, 2.05) is 13.8 Å². The topological polar surface area (TPSA) is 12.0 Å². The van der Waals surface area contributed by atoms with Crippen LogP contribution in [-0.2, 0) is 0 Å². The number of halogens is 2. The summed E-state index contributed by atoms with van der Waals surface area (Å²) in [5.41, 5.74) is -2.61. The molecule has 0 aliphatic rings. The Balaban J connectivity index is 3.15. The van der Waals surface area contributed by atoms with Crippen LogP contribution >= 0.6 is 9.24 Å². The fourth-order valence-electron chi connectivity index (χ4n) is 0.646. The second-order valence-electron chi connectivity index (χ2n) is 3.11. The highest BCUT2D eigenvalue weighted by Gasteiger charge is 2.19. The largest absolute Gasteiger partial charge is 0.316 e. The minimum Gasteiger partial charge on any atom is -0.316 e. The molecule has 1 N–H and O–H groups in total. The Morgan fingerprint density at radius 2 is 2.00 bits per heavy atom. The molecule has 1 nitrogen and oxygen atoms in total. The maximum absolute atomic E-state index is 12.2. The van der Waals surface area contributed by atoms with Gasteiger partial charge in [0, 0.05) is 13.0 Å². The Morgan fingerprint density at radius 3 is 2.36 bits per heavy atom. The number of nitrogens with one attached hydrogen (secondary N) is 1. The summed E-state index contributed by atoms with van der Waals surface area (Å²) in [6, 6.07) is 0. The van der Waals surface area contributed by atoms with Crippen LogP contribution in [0.5, 0.6) is 0 Å². The van der Waals surface area contributed by atoms with Crippen LogP contribution in [0.4, 0.5) is 8.78 Å². The summed E-state index contributed by atoms with van der Waals surface area (Å²) in [7, 11) is 1.54. The smallest absolute Gasteiger partial charge is 0.260 e. The van der Waals surface area contributed by atoms with Gasteiger partial charge in [0.25, 0.3) is 5.66 Å².